The summed E-state index contributed by atoms with van der Waals surface area (Å²) in [6, 6.07) is 0. The molecule has 1 N–H and O–H groups in total. The Morgan fingerprint density at radius 1 is 1.05 bits per heavy atom. The van der Waals surface area contributed by atoms with Crippen molar-refractivity contribution in [1.82, 2.24) is 0 Å². The molecule has 0 heterocycles. The van der Waals surface area contributed by atoms with Gasteiger partial charge in [0.05, 0.1) is 6.10 Å². The number of unbranched alkanes of at least 4 members (excludes halogenated alkanes) is 8. The average Bonchev–Trinajstić information content (AvgIpc) is 2.53. The van der Waals surface area contributed by atoms with Crippen LogP contribution in [-0.4, -0.2) is 25.2 Å². The molecule has 0 aliphatic heterocycles. The largest absolute Gasteiger partial charge is 0.543 e. The second-order valence-electron chi connectivity index (χ2n) is 6.09. The molecule has 0 aromatic rings. The summed E-state index contributed by atoms with van der Waals surface area (Å²) in [5.41, 5.74) is 0. The first kappa shape index (κ1) is 21.2. The van der Waals surface area contributed by atoms with Gasteiger partial charge in [0, 0.05) is 6.42 Å². The number of hydrogen-bond donors (Lipinski definition) is 1. The summed E-state index contributed by atoms with van der Waals surface area (Å²) in [5.74, 6) is -0.101. The second kappa shape index (κ2) is 16.6. The Labute approximate surface area is 138 Å². The molecule has 0 aliphatic carbocycles. The molecule has 0 saturated heterocycles. The Bertz CT molecular complexity index is 280. The van der Waals surface area contributed by atoms with Crippen LogP contribution in [0.25, 0.3) is 0 Å². The van der Waals surface area contributed by atoms with Gasteiger partial charge >= 0.3 is 8.05 Å². The summed E-state index contributed by atoms with van der Waals surface area (Å²) < 4.78 is 4.61. The third-order valence-corrected chi connectivity index (χ3v) is 3.95. The van der Waals surface area contributed by atoms with Crippen LogP contribution in [-0.2, 0) is 9.45 Å². The van der Waals surface area contributed by atoms with Crippen LogP contribution in [0.4, 0.5) is 0 Å². The number of aliphatic hydroxyl groups excluding tert-OH is 1. The number of aliphatic hydroxyl groups is 1. The van der Waals surface area contributed by atoms with E-state index in [1.165, 1.54) is 46.6 Å². The van der Waals surface area contributed by atoms with Crippen LogP contribution in [0.5, 0.6) is 0 Å². The molecule has 0 bridgehead atoms. The summed E-state index contributed by atoms with van der Waals surface area (Å²) >= 11 is 0. The molecule has 0 rings (SSSR count). The molecule has 0 aromatic heterocycles. The van der Waals surface area contributed by atoms with Gasteiger partial charge in [0.2, 0.25) is 0 Å². The van der Waals surface area contributed by atoms with Crippen molar-refractivity contribution in [3.05, 3.63) is 12.2 Å². The first-order chi connectivity index (χ1) is 10.7. The van der Waals surface area contributed by atoms with E-state index in [9.17, 15) is 9.90 Å². The van der Waals surface area contributed by atoms with Crippen molar-refractivity contribution in [3.8, 4) is 0 Å². The third kappa shape index (κ3) is 15.6. The molecule has 1 atom stereocenters. The predicted octanol–water partition coefficient (Wildman–Crippen LogP) is 4.09. The van der Waals surface area contributed by atoms with E-state index in [4.69, 9.17) is 0 Å². The quantitative estimate of drug-likeness (QED) is 0.281. The molecule has 3 nitrogen and oxygen atoms in total. The van der Waals surface area contributed by atoms with E-state index < -0.39 is 0 Å². The molecule has 0 unspecified atom stereocenters. The van der Waals surface area contributed by atoms with Gasteiger partial charge in [-0.25, -0.2) is 0 Å². The van der Waals surface area contributed by atoms with E-state index in [2.05, 4.69) is 23.7 Å². The Hall–Kier alpha value is -0.765. The summed E-state index contributed by atoms with van der Waals surface area (Å²) in [6.45, 7) is 2.21. The average molecular weight is 310 g/mol. The van der Waals surface area contributed by atoms with E-state index in [1.807, 2.05) is 0 Å². The van der Waals surface area contributed by atoms with Crippen molar-refractivity contribution in [1.29, 1.82) is 0 Å². The van der Waals surface area contributed by atoms with Gasteiger partial charge in [-0.2, -0.15) is 0 Å². The molecule has 4 heteroatoms. The molecular formula is C18H35BO3. The van der Waals surface area contributed by atoms with Crippen molar-refractivity contribution in [2.24, 2.45) is 0 Å². The number of allylic oxidation sites excluding steroid dienone is 1. The van der Waals surface area contributed by atoms with E-state index in [0.717, 1.165) is 38.5 Å². The molecule has 22 heavy (non-hydrogen) atoms. The smallest absolute Gasteiger partial charge is 0.325 e. The molecule has 0 aliphatic rings. The maximum absolute atomic E-state index is 10.9. The number of carbonyl (C=O) groups excluding carboxylic acids is 1. The highest BCUT2D eigenvalue weighted by Gasteiger charge is 2.01. The SMILES string of the molecule is BOC(=O)CCCCCCC/C=C\C[C@H](O)CCCCCC. The molecular weight excluding hydrogens is 275 g/mol. The zero-order chi connectivity index (χ0) is 16.5. The highest BCUT2D eigenvalue weighted by atomic mass is 16.5. The van der Waals surface area contributed by atoms with E-state index >= 15 is 0 Å². The monoisotopic (exact) mass is 310 g/mol. The minimum atomic E-state index is -0.161. The summed E-state index contributed by atoms with van der Waals surface area (Å²) in [5, 5.41) is 9.82. The number of hydrogen-bond acceptors (Lipinski definition) is 3. The van der Waals surface area contributed by atoms with Gasteiger partial charge in [-0.05, 0) is 32.1 Å². The van der Waals surface area contributed by atoms with E-state index in [-0.39, 0.29) is 12.1 Å². The molecule has 0 amide bonds. The second-order valence-corrected chi connectivity index (χ2v) is 6.09. The van der Waals surface area contributed by atoms with E-state index in [0.29, 0.717) is 6.42 Å². The summed E-state index contributed by atoms with van der Waals surface area (Å²) in [6.07, 6.45) is 18.1. The van der Waals surface area contributed by atoms with Gasteiger partial charge in [0.1, 0.15) is 0 Å². The normalized spacial score (nSPS) is 12.6. The van der Waals surface area contributed by atoms with Gasteiger partial charge < -0.3 is 9.76 Å². The molecule has 0 fully saturated rings. The summed E-state index contributed by atoms with van der Waals surface area (Å²) in [4.78, 5) is 10.9. The lowest BCUT2D eigenvalue weighted by atomic mass is 10.1. The lowest BCUT2D eigenvalue weighted by molar-refractivity contribution is -0.134. The van der Waals surface area contributed by atoms with Crippen molar-refractivity contribution in [2.75, 3.05) is 0 Å². The van der Waals surface area contributed by atoms with Crippen molar-refractivity contribution in [2.45, 2.75) is 96.5 Å². The maximum atomic E-state index is 10.9. The number of rotatable bonds is 15. The fourth-order valence-electron chi connectivity index (χ4n) is 2.46. The standard InChI is InChI=1S/C18H35BO3/c1-2-3-4-11-14-17(20)15-12-9-7-5-6-8-10-13-16-18(21)22-19/h9,12,17,20H,2-8,10-11,13-16,19H2,1H3/b12-9-/t17-/m1/s1. The molecule has 0 aromatic carbocycles. The fraction of sp³-hybridized carbons (Fsp3) is 0.833. The van der Waals surface area contributed by atoms with Crippen LogP contribution >= 0.6 is 0 Å². The fourth-order valence-corrected chi connectivity index (χ4v) is 2.46. The van der Waals surface area contributed by atoms with Crippen LogP contribution in [0, 0.1) is 0 Å². The first-order valence-electron chi connectivity index (χ1n) is 9.10. The Balaban J connectivity index is 3.28. The lowest BCUT2D eigenvalue weighted by Gasteiger charge is -2.07. The first-order valence-corrected chi connectivity index (χ1v) is 9.10. The predicted molar refractivity (Wildman–Crippen MR) is 95.5 cm³/mol. The van der Waals surface area contributed by atoms with E-state index in [1.54, 1.807) is 0 Å². The van der Waals surface area contributed by atoms with Crippen molar-refractivity contribution < 1.29 is 14.6 Å². The van der Waals surface area contributed by atoms with Gasteiger partial charge in [-0.1, -0.05) is 64.0 Å². The van der Waals surface area contributed by atoms with Crippen LogP contribution in [0.15, 0.2) is 12.2 Å². The Kier molecular flexibility index (Phi) is 16.0. The zero-order valence-corrected chi connectivity index (χ0v) is 14.7. The highest BCUT2D eigenvalue weighted by molar-refractivity contribution is 6.05. The van der Waals surface area contributed by atoms with Crippen LogP contribution < -0.4 is 0 Å². The minimum Gasteiger partial charge on any atom is -0.543 e. The van der Waals surface area contributed by atoms with Crippen LogP contribution in [0.3, 0.4) is 0 Å². The topological polar surface area (TPSA) is 46.5 Å². The Morgan fingerprint density at radius 3 is 2.45 bits per heavy atom. The van der Waals surface area contributed by atoms with Gasteiger partial charge in [0.25, 0.3) is 5.97 Å². The molecule has 0 spiro atoms. The van der Waals surface area contributed by atoms with Crippen LogP contribution in [0.1, 0.15) is 90.4 Å². The number of carbonyl (C=O) groups is 1. The molecule has 0 saturated carbocycles. The van der Waals surface area contributed by atoms with Crippen molar-refractivity contribution in [3.63, 3.8) is 0 Å². The highest BCUT2D eigenvalue weighted by Crippen LogP contribution is 2.10. The van der Waals surface area contributed by atoms with Crippen molar-refractivity contribution >= 4 is 14.0 Å². The zero-order valence-electron chi connectivity index (χ0n) is 14.7. The lowest BCUT2D eigenvalue weighted by Crippen LogP contribution is -2.04. The van der Waals surface area contributed by atoms with Gasteiger partial charge in [0.15, 0.2) is 0 Å². The molecule has 128 valence electrons. The van der Waals surface area contributed by atoms with Crippen LogP contribution in [0.2, 0.25) is 0 Å². The molecule has 0 radical (unpaired) electrons. The third-order valence-electron chi connectivity index (χ3n) is 3.95. The maximum Gasteiger partial charge on any atom is 0.325 e. The van der Waals surface area contributed by atoms with Gasteiger partial charge in [-0.15, -0.1) is 0 Å². The Morgan fingerprint density at radius 2 is 1.73 bits per heavy atom. The minimum absolute atomic E-state index is 0.101. The summed E-state index contributed by atoms with van der Waals surface area (Å²) in [7, 11) is 1.44. The van der Waals surface area contributed by atoms with Gasteiger partial charge in [-0.3, -0.25) is 4.79 Å².